The number of ether oxygens (including phenoxy) is 2. The summed E-state index contributed by atoms with van der Waals surface area (Å²) < 4.78 is 47.3. The lowest BCUT2D eigenvalue weighted by atomic mass is 9.99. The zero-order valence-electron chi connectivity index (χ0n) is 15.7. The Morgan fingerprint density at radius 2 is 1.93 bits per heavy atom. The monoisotopic (exact) mass is 401 g/mol. The summed E-state index contributed by atoms with van der Waals surface area (Å²) >= 11 is 0. The Hall–Kier alpha value is -2.84. The van der Waals surface area contributed by atoms with Crippen molar-refractivity contribution < 1.29 is 37.0 Å². The van der Waals surface area contributed by atoms with Gasteiger partial charge in [0.1, 0.15) is 6.04 Å². The first-order valence-corrected chi connectivity index (χ1v) is 8.47. The van der Waals surface area contributed by atoms with Crippen LogP contribution in [0.3, 0.4) is 0 Å². The number of halogens is 3. The van der Waals surface area contributed by atoms with Gasteiger partial charge < -0.3 is 14.8 Å². The van der Waals surface area contributed by atoms with Crippen LogP contribution in [0.5, 0.6) is 0 Å². The molecule has 0 bridgehead atoms. The minimum absolute atomic E-state index is 0.152. The van der Waals surface area contributed by atoms with Crippen molar-refractivity contribution in [3.63, 3.8) is 0 Å². The van der Waals surface area contributed by atoms with Gasteiger partial charge >= 0.3 is 18.1 Å². The number of hydrogen-bond acceptors (Lipinski definition) is 5. The lowest BCUT2D eigenvalue weighted by molar-refractivity contribution is -0.148. The van der Waals surface area contributed by atoms with Crippen LogP contribution in [-0.4, -0.2) is 37.6 Å². The quantitative estimate of drug-likeness (QED) is 0.535. The van der Waals surface area contributed by atoms with E-state index in [-0.39, 0.29) is 11.5 Å². The van der Waals surface area contributed by atoms with Gasteiger partial charge in [-0.15, -0.1) is 0 Å². The largest absolute Gasteiger partial charge is 0.467 e. The smallest absolute Gasteiger partial charge is 0.416 e. The van der Waals surface area contributed by atoms with E-state index in [1.165, 1.54) is 19.2 Å². The molecule has 0 aliphatic rings. The molecule has 1 aromatic rings. The first kappa shape index (κ1) is 23.2. The summed E-state index contributed by atoms with van der Waals surface area (Å²) in [6.45, 7) is 2.95. The predicted molar refractivity (Wildman–Crippen MR) is 94.8 cm³/mol. The highest BCUT2D eigenvalue weighted by Crippen LogP contribution is 2.29. The van der Waals surface area contributed by atoms with Crippen LogP contribution in [0.4, 0.5) is 13.2 Å². The van der Waals surface area contributed by atoms with Crippen molar-refractivity contribution in [2.75, 3.05) is 13.7 Å². The van der Waals surface area contributed by atoms with Gasteiger partial charge in [-0.05, 0) is 29.7 Å². The zero-order valence-corrected chi connectivity index (χ0v) is 15.7. The average molecular weight is 401 g/mol. The zero-order chi connectivity index (χ0) is 21.3. The SMILES string of the molecule is CCC(C)C(NC(=O)COC(=O)/C=C/c1cccc(C(F)(F)F)c1)C(=O)OC. The van der Waals surface area contributed by atoms with Crippen molar-refractivity contribution >= 4 is 23.9 Å². The van der Waals surface area contributed by atoms with Crippen molar-refractivity contribution in [2.24, 2.45) is 5.92 Å². The van der Waals surface area contributed by atoms with Crippen LogP contribution in [0.25, 0.3) is 6.08 Å². The molecule has 1 N–H and O–H groups in total. The van der Waals surface area contributed by atoms with Crippen LogP contribution in [0, 0.1) is 5.92 Å². The molecule has 0 saturated carbocycles. The Morgan fingerprint density at radius 1 is 1.25 bits per heavy atom. The van der Waals surface area contributed by atoms with Crippen LogP contribution in [0.15, 0.2) is 30.3 Å². The van der Waals surface area contributed by atoms with E-state index in [0.717, 1.165) is 24.3 Å². The van der Waals surface area contributed by atoms with Crippen LogP contribution in [0.1, 0.15) is 31.4 Å². The van der Waals surface area contributed by atoms with Gasteiger partial charge in [-0.3, -0.25) is 4.79 Å². The van der Waals surface area contributed by atoms with Gasteiger partial charge in [0.15, 0.2) is 6.61 Å². The number of esters is 2. The Morgan fingerprint density at radius 3 is 2.50 bits per heavy atom. The number of carbonyl (C=O) groups excluding carboxylic acids is 3. The number of benzene rings is 1. The fourth-order valence-electron chi connectivity index (χ4n) is 2.18. The summed E-state index contributed by atoms with van der Waals surface area (Å²) in [5.74, 6) is -2.41. The summed E-state index contributed by atoms with van der Waals surface area (Å²) in [6.07, 6.45) is -1.82. The number of methoxy groups -OCH3 is 1. The Bertz CT molecular complexity index is 731. The molecule has 0 aliphatic carbocycles. The molecule has 0 aliphatic heterocycles. The molecule has 0 saturated heterocycles. The molecule has 9 heteroatoms. The summed E-state index contributed by atoms with van der Waals surface area (Å²) in [5, 5.41) is 2.43. The van der Waals surface area contributed by atoms with Crippen molar-refractivity contribution in [1.82, 2.24) is 5.32 Å². The van der Waals surface area contributed by atoms with Gasteiger partial charge in [-0.2, -0.15) is 13.2 Å². The molecule has 1 aromatic carbocycles. The highest BCUT2D eigenvalue weighted by Gasteiger charge is 2.30. The molecular formula is C19H22F3NO5. The predicted octanol–water partition coefficient (Wildman–Crippen LogP) is 2.97. The molecule has 2 atom stereocenters. The molecule has 0 aromatic heterocycles. The van der Waals surface area contributed by atoms with Gasteiger partial charge in [0.25, 0.3) is 5.91 Å². The number of rotatable bonds is 8. The topological polar surface area (TPSA) is 81.7 Å². The van der Waals surface area contributed by atoms with Crippen molar-refractivity contribution in [1.29, 1.82) is 0 Å². The van der Waals surface area contributed by atoms with Crippen LogP contribution < -0.4 is 5.32 Å². The number of nitrogens with one attached hydrogen (secondary N) is 1. The lowest BCUT2D eigenvalue weighted by Gasteiger charge is -2.21. The van der Waals surface area contributed by atoms with Crippen molar-refractivity contribution in [3.05, 3.63) is 41.5 Å². The van der Waals surface area contributed by atoms with E-state index in [9.17, 15) is 27.6 Å². The van der Waals surface area contributed by atoms with Gasteiger partial charge in [0.05, 0.1) is 12.7 Å². The van der Waals surface area contributed by atoms with Gasteiger partial charge in [0, 0.05) is 6.08 Å². The Balaban J connectivity index is 2.61. The first-order valence-electron chi connectivity index (χ1n) is 8.47. The normalized spacial score (nSPS) is 13.6. The van der Waals surface area contributed by atoms with E-state index < -0.39 is 42.2 Å². The van der Waals surface area contributed by atoms with Gasteiger partial charge in [0.2, 0.25) is 0 Å². The standard InChI is InChI=1S/C19H22F3NO5/c1-4-12(2)17(18(26)27-3)23-15(24)11-28-16(25)9-8-13-6-5-7-14(10-13)19(20,21)22/h5-10,12,17H,4,11H2,1-3H3,(H,23,24)/b9-8+. The van der Waals surface area contributed by atoms with Gasteiger partial charge in [-0.1, -0.05) is 32.4 Å². The summed E-state index contributed by atoms with van der Waals surface area (Å²) in [4.78, 5) is 35.3. The number of alkyl halides is 3. The molecule has 0 radical (unpaired) electrons. The third kappa shape index (κ3) is 7.42. The maximum Gasteiger partial charge on any atom is 0.416 e. The van der Waals surface area contributed by atoms with E-state index in [4.69, 9.17) is 4.74 Å². The lowest BCUT2D eigenvalue weighted by Crippen LogP contribution is -2.47. The second-order valence-electron chi connectivity index (χ2n) is 6.02. The highest BCUT2D eigenvalue weighted by atomic mass is 19.4. The molecule has 0 spiro atoms. The molecule has 1 rings (SSSR count). The molecule has 1 amide bonds. The maximum atomic E-state index is 12.7. The fourth-order valence-corrected chi connectivity index (χ4v) is 2.18. The van der Waals surface area contributed by atoms with Crippen molar-refractivity contribution in [2.45, 2.75) is 32.5 Å². The molecule has 0 fully saturated rings. The molecule has 0 heterocycles. The Kier molecular flexibility index (Phi) is 8.69. The first-order chi connectivity index (χ1) is 13.1. The second-order valence-corrected chi connectivity index (χ2v) is 6.02. The van der Waals surface area contributed by atoms with Crippen LogP contribution in [0.2, 0.25) is 0 Å². The van der Waals surface area contributed by atoms with E-state index >= 15 is 0 Å². The maximum absolute atomic E-state index is 12.7. The summed E-state index contributed by atoms with van der Waals surface area (Å²) in [6, 6.07) is 3.52. The second kappa shape index (κ2) is 10.5. The third-order valence-electron chi connectivity index (χ3n) is 3.96. The van der Waals surface area contributed by atoms with Crippen LogP contribution >= 0.6 is 0 Å². The van der Waals surface area contributed by atoms with E-state index in [0.29, 0.717) is 6.42 Å². The Labute approximate surface area is 160 Å². The van der Waals surface area contributed by atoms with Gasteiger partial charge in [-0.25, -0.2) is 9.59 Å². The fraction of sp³-hybridized carbons (Fsp3) is 0.421. The van der Waals surface area contributed by atoms with Crippen molar-refractivity contribution in [3.8, 4) is 0 Å². The highest BCUT2D eigenvalue weighted by molar-refractivity contribution is 5.90. The molecule has 28 heavy (non-hydrogen) atoms. The summed E-state index contributed by atoms with van der Waals surface area (Å²) in [5.41, 5.74) is -0.694. The molecular weight excluding hydrogens is 379 g/mol. The summed E-state index contributed by atoms with van der Waals surface area (Å²) in [7, 11) is 1.20. The molecule has 154 valence electrons. The number of hydrogen-bond donors (Lipinski definition) is 1. The molecule has 6 nitrogen and oxygen atoms in total. The van der Waals surface area contributed by atoms with E-state index in [2.05, 4.69) is 10.1 Å². The minimum Gasteiger partial charge on any atom is -0.467 e. The number of amides is 1. The minimum atomic E-state index is -4.49. The van der Waals surface area contributed by atoms with Crippen LogP contribution in [-0.2, 0) is 30.0 Å². The average Bonchev–Trinajstić information content (AvgIpc) is 2.67. The van der Waals surface area contributed by atoms with E-state index in [1.54, 1.807) is 6.92 Å². The molecule has 2 unspecified atom stereocenters. The van der Waals surface area contributed by atoms with E-state index in [1.807, 2.05) is 6.92 Å². The third-order valence-corrected chi connectivity index (χ3v) is 3.96. The number of carbonyl (C=O) groups is 3.